The number of ether oxygens (including phenoxy) is 2. The number of nitrogens with one attached hydrogen (secondary N) is 3. The van der Waals surface area contributed by atoms with E-state index in [0.29, 0.717) is 26.1 Å². The lowest BCUT2D eigenvalue weighted by atomic mass is 9.82. The van der Waals surface area contributed by atoms with Crippen LogP contribution in [0.1, 0.15) is 40.5 Å². The minimum Gasteiger partial charge on any atom is -0.377 e. The molecule has 7 heteroatoms. The van der Waals surface area contributed by atoms with Crippen LogP contribution in [0.5, 0.6) is 0 Å². The van der Waals surface area contributed by atoms with Crippen molar-refractivity contribution in [3.05, 3.63) is 0 Å². The summed E-state index contributed by atoms with van der Waals surface area (Å²) in [6.07, 6.45) is 0.812. The molecule has 0 aromatic carbocycles. The van der Waals surface area contributed by atoms with Gasteiger partial charge < -0.3 is 25.4 Å². The number of hydrogen-bond donors (Lipinski definition) is 3. The quantitative estimate of drug-likeness (QED) is 0.565. The Morgan fingerprint density at radius 1 is 1.04 bits per heavy atom. The molecular formula is C17H33N3O4. The van der Waals surface area contributed by atoms with Crippen molar-refractivity contribution in [2.75, 3.05) is 40.4 Å². The van der Waals surface area contributed by atoms with Crippen LogP contribution in [0.15, 0.2) is 0 Å². The van der Waals surface area contributed by atoms with Crippen molar-refractivity contribution in [1.82, 2.24) is 16.0 Å². The van der Waals surface area contributed by atoms with Gasteiger partial charge in [-0.3, -0.25) is 9.59 Å². The molecule has 0 bridgehead atoms. The van der Waals surface area contributed by atoms with Gasteiger partial charge >= 0.3 is 0 Å². The van der Waals surface area contributed by atoms with Crippen LogP contribution in [0.25, 0.3) is 0 Å². The van der Waals surface area contributed by atoms with Crippen molar-refractivity contribution in [1.29, 1.82) is 0 Å². The van der Waals surface area contributed by atoms with Crippen molar-refractivity contribution in [3.8, 4) is 0 Å². The summed E-state index contributed by atoms with van der Waals surface area (Å²) in [6.45, 7) is 9.68. The van der Waals surface area contributed by atoms with Gasteiger partial charge in [-0.25, -0.2) is 0 Å². The molecule has 2 amide bonds. The molecule has 0 aromatic rings. The van der Waals surface area contributed by atoms with E-state index in [0.717, 1.165) is 6.54 Å². The summed E-state index contributed by atoms with van der Waals surface area (Å²) in [5.41, 5.74) is -1.57. The number of rotatable bonds is 9. The Morgan fingerprint density at radius 3 is 2.04 bits per heavy atom. The highest BCUT2D eigenvalue weighted by molar-refractivity contribution is 5.89. The summed E-state index contributed by atoms with van der Waals surface area (Å²) in [5.74, 6) is -0.233. The van der Waals surface area contributed by atoms with Gasteiger partial charge in [0.1, 0.15) is 0 Å². The first-order chi connectivity index (χ1) is 11.1. The van der Waals surface area contributed by atoms with Gasteiger partial charge in [0.05, 0.1) is 16.6 Å². The van der Waals surface area contributed by atoms with Gasteiger partial charge in [0.15, 0.2) is 0 Å². The molecule has 1 aliphatic heterocycles. The van der Waals surface area contributed by atoms with Crippen LogP contribution in [0, 0.1) is 5.41 Å². The van der Waals surface area contributed by atoms with Crippen molar-refractivity contribution in [2.45, 2.75) is 51.7 Å². The molecule has 0 aromatic heterocycles. The van der Waals surface area contributed by atoms with E-state index in [2.05, 4.69) is 16.0 Å². The van der Waals surface area contributed by atoms with E-state index in [4.69, 9.17) is 9.47 Å². The molecule has 7 nitrogen and oxygen atoms in total. The van der Waals surface area contributed by atoms with Crippen LogP contribution in [-0.4, -0.2) is 63.4 Å². The van der Waals surface area contributed by atoms with Crippen molar-refractivity contribution in [2.24, 2.45) is 5.41 Å². The maximum atomic E-state index is 12.7. The molecule has 1 heterocycles. The van der Waals surface area contributed by atoms with Gasteiger partial charge in [-0.2, -0.15) is 0 Å². The van der Waals surface area contributed by atoms with Gasteiger partial charge in [0.2, 0.25) is 11.8 Å². The second kappa shape index (κ2) is 8.27. The Bertz CT molecular complexity index is 443. The molecule has 1 saturated heterocycles. The molecule has 0 spiro atoms. The van der Waals surface area contributed by atoms with E-state index in [1.165, 1.54) is 0 Å². The summed E-state index contributed by atoms with van der Waals surface area (Å²) in [4.78, 5) is 25.0. The third kappa shape index (κ3) is 6.03. The fourth-order valence-corrected chi connectivity index (χ4v) is 2.47. The Kier molecular flexibility index (Phi) is 7.19. The monoisotopic (exact) mass is 343 g/mol. The van der Waals surface area contributed by atoms with Gasteiger partial charge in [0, 0.05) is 40.3 Å². The molecule has 1 fully saturated rings. The summed E-state index contributed by atoms with van der Waals surface area (Å²) < 4.78 is 10.6. The van der Waals surface area contributed by atoms with Crippen LogP contribution >= 0.6 is 0 Å². The number of amides is 2. The maximum Gasteiger partial charge on any atom is 0.228 e. The maximum absolute atomic E-state index is 12.7. The molecule has 1 rings (SSSR count). The lowest BCUT2D eigenvalue weighted by Crippen LogP contribution is -2.50. The minimum absolute atomic E-state index is 0.0984. The summed E-state index contributed by atoms with van der Waals surface area (Å²) >= 11 is 0. The lowest BCUT2D eigenvalue weighted by molar-refractivity contribution is -0.136. The van der Waals surface area contributed by atoms with Crippen LogP contribution in [0.4, 0.5) is 0 Å². The van der Waals surface area contributed by atoms with Crippen LogP contribution in [0.3, 0.4) is 0 Å². The number of hydrogen-bond acceptors (Lipinski definition) is 5. The third-order valence-electron chi connectivity index (χ3n) is 4.72. The summed E-state index contributed by atoms with van der Waals surface area (Å²) in [7, 11) is 3.23. The SMILES string of the molecule is COC(C)(C)CNC(=O)CC1(C(=O)NCC(C)(C)OC)CCNC1. The standard InChI is InChI=1S/C17H33N3O4/c1-15(2,23-5)10-19-13(21)9-17(7-8-18-12-17)14(22)20-11-16(3,4)24-6/h18H,7-12H2,1-6H3,(H,19,21)(H,20,22). The van der Waals surface area contributed by atoms with Gasteiger partial charge in [-0.15, -0.1) is 0 Å². The molecule has 24 heavy (non-hydrogen) atoms. The van der Waals surface area contributed by atoms with E-state index in [9.17, 15) is 9.59 Å². The zero-order valence-corrected chi connectivity index (χ0v) is 15.9. The van der Waals surface area contributed by atoms with Gasteiger partial charge in [-0.1, -0.05) is 0 Å². The number of methoxy groups -OCH3 is 2. The molecular weight excluding hydrogens is 310 g/mol. The van der Waals surface area contributed by atoms with E-state index < -0.39 is 16.6 Å². The van der Waals surface area contributed by atoms with E-state index >= 15 is 0 Å². The van der Waals surface area contributed by atoms with E-state index in [-0.39, 0.29) is 18.2 Å². The smallest absolute Gasteiger partial charge is 0.228 e. The Balaban J connectivity index is 2.64. The molecule has 140 valence electrons. The van der Waals surface area contributed by atoms with Crippen molar-refractivity contribution in [3.63, 3.8) is 0 Å². The molecule has 0 aliphatic carbocycles. The van der Waals surface area contributed by atoms with Crippen LogP contribution in [-0.2, 0) is 19.1 Å². The van der Waals surface area contributed by atoms with Crippen LogP contribution in [0.2, 0.25) is 0 Å². The highest BCUT2D eigenvalue weighted by Crippen LogP contribution is 2.30. The zero-order chi connectivity index (χ0) is 18.4. The number of carbonyl (C=O) groups is 2. The first kappa shape index (κ1) is 20.9. The second-order valence-electron chi connectivity index (χ2n) is 7.77. The number of carbonyl (C=O) groups excluding carboxylic acids is 2. The molecule has 3 N–H and O–H groups in total. The zero-order valence-electron chi connectivity index (χ0n) is 15.9. The van der Waals surface area contributed by atoms with Gasteiger partial charge in [0.25, 0.3) is 0 Å². The Hall–Kier alpha value is -1.18. The minimum atomic E-state index is -0.703. The topological polar surface area (TPSA) is 88.7 Å². The van der Waals surface area contributed by atoms with Crippen LogP contribution < -0.4 is 16.0 Å². The average molecular weight is 343 g/mol. The Labute approximate surface area is 145 Å². The first-order valence-electron chi connectivity index (χ1n) is 8.42. The lowest BCUT2D eigenvalue weighted by Gasteiger charge is -2.30. The normalized spacial score (nSPS) is 21.6. The molecule has 0 saturated carbocycles. The highest BCUT2D eigenvalue weighted by atomic mass is 16.5. The fraction of sp³-hybridized carbons (Fsp3) is 0.882. The third-order valence-corrected chi connectivity index (χ3v) is 4.72. The van der Waals surface area contributed by atoms with E-state index in [1.807, 2.05) is 27.7 Å². The first-order valence-corrected chi connectivity index (χ1v) is 8.42. The molecule has 1 unspecified atom stereocenters. The Morgan fingerprint density at radius 2 is 1.58 bits per heavy atom. The largest absolute Gasteiger partial charge is 0.377 e. The van der Waals surface area contributed by atoms with Gasteiger partial charge in [-0.05, 0) is 40.7 Å². The fourth-order valence-electron chi connectivity index (χ4n) is 2.47. The summed E-state index contributed by atoms with van der Waals surface area (Å²) in [5, 5.41) is 9.00. The van der Waals surface area contributed by atoms with Crippen molar-refractivity contribution < 1.29 is 19.1 Å². The van der Waals surface area contributed by atoms with E-state index in [1.54, 1.807) is 14.2 Å². The molecule has 0 radical (unpaired) electrons. The van der Waals surface area contributed by atoms with Crippen molar-refractivity contribution >= 4 is 11.8 Å². The molecule has 1 atom stereocenters. The average Bonchev–Trinajstić information content (AvgIpc) is 3.00. The predicted molar refractivity (Wildman–Crippen MR) is 92.7 cm³/mol. The second-order valence-corrected chi connectivity index (χ2v) is 7.77. The summed E-state index contributed by atoms with van der Waals surface area (Å²) in [6, 6.07) is 0. The highest BCUT2D eigenvalue weighted by Gasteiger charge is 2.43. The predicted octanol–water partition coefficient (Wildman–Crippen LogP) is 0.439. The molecule has 1 aliphatic rings.